The van der Waals surface area contributed by atoms with Gasteiger partial charge in [-0.15, -0.1) is 0 Å². The van der Waals surface area contributed by atoms with Gasteiger partial charge in [0.05, 0.1) is 5.92 Å². The zero-order chi connectivity index (χ0) is 21.0. The molecule has 2 aliphatic rings. The molecular weight excluding hydrogens is 369 g/mol. The van der Waals surface area contributed by atoms with E-state index in [0.717, 1.165) is 43.9 Å². The van der Waals surface area contributed by atoms with Crippen molar-refractivity contribution >= 4 is 0 Å². The lowest BCUT2D eigenvalue weighted by Crippen LogP contribution is -2.25. The van der Waals surface area contributed by atoms with Gasteiger partial charge in [0.1, 0.15) is 0 Å². The lowest BCUT2D eigenvalue weighted by Gasteiger charge is -2.36. The van der Waals surface area contributed by atoms with Crippen LogP contribution in [0.25, 0.3) is 0 Å². The van der Waals surface area contributed by atoms with Crippen molar-refractivity contribution in [2.45, 2.75) is 142 Å². The van der Waals surface area contributed by atoms with Gasteiger partial charge < -0.3 is 0 Å². The van der Waals surface area contributed by atoms with Gasteiger partial charge in [0, 0.05) is 0 Å². The fraction of sp³-hybridized carbons (Fsp3) is 1.00. The smallest absolute Gasteiger partial charge is 0.171 e. The molecule has 29 heavy (non-hydrogen) atoms. The first kappa shape index (κ1) is 25.1. The lowest BCUT2D eigenvalue weighted by molar-refractivity contribution is -0.178. The van der Waals surface area contributed by atoms with Crippen LogP contribution in [-0.4, -0.2) is 6.18 Å². The Morgan fingerprint density at radius 3 is 1.83 bits per heavy atom. The quantitative estimate of drug-likeness (QED) is 0.262. The van der Waals surface area contributed by atoms with E-state index in [1.165, 1.54) is 83.5 Å². The minimum atomic E-state index is -4.00. The van der Waals surface area contributed by atoms with E-state index in [1.807, 2.05) is 0 Å². The third-order valence-corrected chi connectivity index (χ3v) is 7.99. The Labute approximate surface area is 178 Å². The molecule has 0 saturated heterocycles. The third kappa shape index (κ3) is 10.1. The zero-order valence-electron chi connectivity index (χ0n) is 19.1. The maximum Gasteiger partial charge on any atom is 0.391 e. The molecule has 0 aromatic rings. The lowest BCUT2D eigenvalue weighted by atomic mass is 9.70. The van der Waals surface area contributed by atoms with Crippen LogP contribution in [0, 0.1) is 23.7 Å². The maximum absolute atomic E-state index is 13.4. The summed E-state index contributed by atoms with van der Waals surface area (Å²) in [5.74, 6) is 1.52. The van der Waals surface area contributed by atoms with Gasteiger partial charge in [-0.1, -0.05) is 110 Å². The predicted molar refractivity (Wildman–Crippen MR) is 118 cm³/mol. The number of hydrogen-bond acceptors (Lipinski definition) is 0. The molecule has 1 unspecified atom stereocenters. The molecule has 0 nitrogen and oxygen atoms in total. The van der Waals surface area contributed by atoms with Crippen molar-refractivity contribution in [3.63, 3.8) is 0 Å². The first-order chi connectivity index (χ1) is 14.0. The molecule has 0 aliphatic heterocycles. The summed E-state index contributed by atoms with van der Waals surface area (Å²) in [4.78, 5) is 0. The normalized spacial score (nSPS) is 25.2. The summed E-state index contributed by atoms with van der Waals surface area (Å²) in [6.45, 7) is 2.19. The van der Waals surface area contributed by atoms with Gasteiger partial charge in [-0.3, -0.25) is 0 Å². The molecule has 172 valence electrons. The Morgan fingerprint density at radius 1 is 0.655 bits per heavy atom. The molecule has 0 bridgehead atoms. The second-order valence-corrected chi connectivity index (χ2v) is 10.3. The van der Waals surface area contributed by atoms with Crippen LogP contribution in [0.3, 0.4) is 0 Å². The summed E-state index contributed by atoms with van der Waals surface area (Å²) in [7, 11) is 0. The molecule has 2 saturated carbocycles. The van der Waals surface area contributed by atoms with Crippen LogP contribution in [0.15, 0.2) is 0 Å². The van der Waals surface area contributed by atoms with Crippen LogP contribution in [0.5, 0.6) is 0 Å². The monoisotopic (exact) mass is 416 g/mol. The summed E-state index contributed by atoms with van der Waals surface area (Å²) in [6, 6.07) is 0. The van der Waals surface area contributed by atoms with Gasteiger partial charge >= 0.3 is 6.18 Å². The van der Waals surface area contributed by atoms with Gasteiger partial charge in [0.25, 0.3) is 0 Å². The Balaban J connectivity index is 1.58. The summed E-state index contributed by atoms with van der Waals surface area (Å²) in [5.41, 5.74) is 0. The number of halogens is 3. The maximum atomic E-state index is 13.4. The van der Waals surface area contributed by atoms with Crippen LogP contribution in [-0.2, 0) is 0 Å². The Hall–Kier alpha value is -0.210. The minimum Gasteiger partial charge on any atom is -0.171 e. The van der Waals surface area contributed by atoms with Crippen LogP contribution >= 0.6 is 0 Å². The fourth-order valence-corrected chi connectivity index (χ4v) is 6.03. The molecule has 3 heteroatoms. The number of hydrogen-bond donors (Lipinski definition) is 0. The molecule has 0 N–H and O–H groups in total. The van der Waals surface area contributed by atoms with Gasteiger partial charge in [0.2, 0.25) is 0 Å². The van der Waals surface area contributed by atoms with E-state index in [1.54, 1.807) is 0 Å². The standard InChI is InChI=1S/C26H47F3/c1-2-3-4-5-6-7-11-16-25(26(27,28)29)17-12-13-22-18-20-24(21-19-22)23-14-9-8-10-15-23/h22-25H,2-21H2,1H3. The van der Waals surface area contributed by atoms with Crippen molar-refractivity contribution in [3.05, 3.63) is 0 Å². The van der Waals surface area contributed by atoms with Gasteiger partial charge in [-0.05, 0) is 43.4 Å². The molecule has 0 radical (unpaired) electrons. The molecule has 0 heterocycles. The zero-order valence-corrected chi connectivity index (χ0v) is 19.1. The molecule has 0 amide bonds. The summed E-state index contributed by atoms with van der Waals surface area (Å²) < 4.78 is 40.3. The largest absolute Gasteiger partial charge is 0.391 e. The van der Waals surface area contributed by atoms with E-state index < -0.39 is 12.1 Å². The molecule has 2 fully saturated rings. The van der Waals surface area contributed by atoms with Crippen LogP contribution < -0.4 is 0 Å². The van der Waals surface area contributed by atoms with Crippen molar-refractivity contribution in [1.82, 2.24) is 0 Å². The summed E-state index contributed by atoms with van der Waals surface area (Å²) >= 11 is 0. The highest BCUT2D eigenvalue weighted by molar-refractivity contribution is 4.80. The van der Waals surface area contributed by atoms with E-state index in [-0.39, 0.29) is 0 Å². The van der Waals surface area contributed by atoms with Crippen molar-refractivity contribution in [1.29, 1.82) is 0 Å². The van der Waals surface area contributed by atoms with Crippen molar-refractivity contribution in [2.24, 2.45) is 23.7 Å². The Bertz CT molecular complexity index is 389. The van der Waals surface area contributed by atoms with Gasteiger partial charge in [-0.25, -0.2) is 0 Å². The summed E-state index contributed by atoms with van der Waals surface area (Å²) in [6.07, 6.45) is 18.6. The van der Waals surface area contributed by atoms with Crippen molar-refractivity contribution < 1.29 is 13.2 Å². The van der Waals surface area contributed by atoms with Gasteiger partial charge in [-0.2, -0.15) is 13.2 Å². The highest BCUT2D eigenvalue weighted by Crippen LogP contribution is 2.42. The minimum absolute atomic E-state index is 0.353. The first-order valence-corrected chi connectivity index (χ1v) is 13.1. The van der Waals surface area contributed by atoms with Crippen LogP contribution in [0.2, 0.25) is 0 Å². The Kier molecular flexibility index (Phi) is 12.1. The molecule has 2 rings (SSSR count). The molecule has 0 aromatic carbocycles. The predicted octanol–water partition coefficient (Wildman–Crippen LogP) is 9.86. The SMILES string of the molecule is CCCCCCCCCC(CCCC1CCC(C2CCCCC2)CC1)C(F)(F)F. The van der Waals surface area contributed by atoms with E-state index in [0.29, 0.717) is 18.8 Å². The van der Waals surface area contributed by atoms with Crippen molar-refractivity contribution in [2.75, 3.05) is 0 Å². The molecular formula is C26H47F3. The topological polar surface area (TPSA) is 0 Å². The molecule has 0 aromatic heterocycles. The molecule has 0 spiro atoms. The number of rotatable bonds is 13. The highest BCUT2D eigenvalue weighted by atomic mass is 19.4. The second-order valence-electron chi connectivity index (χ2n) is 10.3. The van der Waals surface area contributed by atoms with E-state index in [4.69, 9.17) is 0 Å². The van der Waals surface area contributed by atoms with Gasteiger partial charge in [0.15, 0.2) is 0 Å². The first-order valence-electron chi connectivity index (χ1n) is 13.1. The average Bonchev–Trinajstić information content (AvgIpc) is 2.72. The number of alkyl halides is 3. The Morgan fingerprint density at radius 2 is 1.21 bits per heavy atom. The summed E-state index contributed by atoms with van der Waals surface area (Å²) in [5, 5.41) is 0. The van der Waals surface area contributed by atoms with E-state index >= 15 is 0 Å². The van der Waals surface area contributed by atoms with Crippen LogP contribution in [0.4, 0.5) is 13.2 Å². The third-order valence-electron chi connectivity index (χ3n) is 7.99. The molecule has 2 aliphatic carbocycles. The van der Waals surface area contributed by atoms with Crippen molar-refractivity contribution in [3.8, 4) is 0 Å². The van der Waals surface area contributed by atoms with Crippen LogP contribution in [0.1, 0.15) is 135 Å². The fourth-order valence-electron chi connectivity index (χ4n) is 6.03. The van der Waals surface area contributed by atoms with E-state index in [9.17, 15) is 13.2 Å². The highest BCUT2D eigenvalue weighted by Gasteiger charge is 2.38. The number of unbranched alkanes of at least 4 members (excludes halogenated alkanes) is 6. The van der Waals surface area contributed by atoms with E-state index in [2.05, 4.69) is 6.92 Å². The molecule has 1 atom stereocenters. The average molecular weight is 417 g/mol. The second kappa shape index (κ2) is 14.0.